The van der Waals surface area contributed by atoms with Gasteiger partial charge in [0, 0.05) is 17.1 Å². The Morgan fingerprint density at radius 1 is 1.37 bits per heavy atom. The smallest absolute Gasteiger partial charge is 0.176 e. The topological polar surface area (TPSA) is 61.3 Å². The van der Waals surface area contributed by atoms with Gasteiger partial charge < -0.3 is 14.9 Å². The molecular formula is C15H14N2O2. The highest BCUT2D eigenvalue weighted by Gasteiger charge is 2.11. The van der Waals surface area contributed by atoms with Crippen LogP contribution in [0.25, 0.3) is 22.2 Å². The molecule has 0 unspecified atom stereocenters. The fourth-order valence-electron chi connectivity index (χ4n) is 2.06. The van der Waals surface area contributed by atoms with Crippen LogP contribution in [0.5, 0.6) is 5.75 Å². The van der Waals surface area contributed by atoms with Crippen LogP contribution in [-0.2, 0) is 6.54 Å². The molecule has 0 radical (unpaired) electrons. The summed E-state index contributed by atoms with van der Waals surface area (Å²) in [5.41, 5.74) is 7.99. The summed E-state index contributed by atoms with van der Waals surface area (Å²) in [7, 11) is -0.167. The average Bonchev–Trinajstić information content (AvgIpc) is 2.92. The maximum atomic E-state index is 7.24. The summed E-state index contributed by atoms with van der Waals surface area (Å²) in [6.07, 6.45) is 1.74. The van der Waals surface area contributed by atoms with Crippen molar-refractivity contribution in [1.82, 2.24) is 4.98 Å². The van der Waals surface area contributed by atoms with Gasteiger partial charge in [-0.3, -0.25) is 4.98 Å². The molecule has 96 valence electrons. The maximum Gasteiger partial charge on any atom is 0.176 e. The SMILES string of the molecule is [3H]COc1cc(-c2ccccn2)cc2cc(CN)oc12. The Morgan fingerprint density at radius 2 is 2.32 bits per heavy atom. The number of nitrogens with zero attached hydrogens (tertiary/aromatic N) is 1. The van der Waals surface area contributed by atoms with Crippen molar-refractivity contribution in [3.63, 3.8) is 0 Å². The molecule has 2 heterocycles. The summed E-state index contributed by atoms with van der Waals surface area (Å²) in [5, 5.41) is 0.900. The lowest BCUT2D eigenvalue weighted by molar-refractivity contribution is 0.408. The largest absolute Gasteiger partial charge is 0.493 e. The lowest BCUT2D eigenvalue weighted by atomic mass is 10.1. The van der Waals surface area contributed by atoms with E-state index in [2.05, 4.69) is 4.98 Å². The first-order valence-electron chi connectivity index (χ1n) is 6.62. The molecule has 19 heavy (non-hydrogen) atoms. The summed E-state index contributed by atoms with van der Waals surface area (Å²) in [5.74, 6) is 1.23. The number of pyridine rings is 1. The predicted octanol–water partition coefficient (Wildman–Crippen LogP) is 2.96. The third kappa shape index (κ3) is 2.06. The van der Waals surface area contributed by atoms with Gasteiger partial charge in [0.25, 0.3) is 0 Å². The molecule has 0 aliphatic carbocycles. The van der Waals surface area contributed by atoms with Crippen molar-refractivity contribution in [3.05, 3.63) is 48.4 Å². The van der Waals surface area contributed by atoms with Crippen LogP contribution in [0, 0.1) is 0 Å². The van der Waals surface area contributed by atoms with E-state index in [0.717, 1.165) is 16.6 Å². The Bertz CT molecular complexity index is 725. The van der Waals surface area contributed by atoms with Crippen LogP contribution in [0.1, 0.15) is 7.13 Å². The van der Waals surface area contributed by atoms with E-state index < -0.39 is 0 Å². The Kier molecular flexibility index (Phi) is 2.64. The van der Waals surface area contributed by atoms with Crippen LogP contribution < -0.4 is 10.5 Å². The van der Waals surface area contributed by atoms with Crippen LogP contribution in [0.3, 0.4) is 0 Å². The van der Waals surface area contributed by atoms with Crippen molar-refractivity contribution in [2.45, 2.75) is 6.54 Å². The van der Waals surface area contributed by atoms with E-state index in [1.165, 1.54) is 0 Å². The van der Waals surface area contributed by atoms with Gasteiger partial charge in [0.05, 0.1) is 20.7 Å². The second-order valence-electron chi connectivity index (χ2n) is 4.17. The first-order valence-corrected chi connectivity index (χ1v) is 5.92. The van der Waals surface area contributed by atoms with Crippen molar-refractivity contribution in [3.8, 4) is 17.0 Å². The minimum absolute atomic E-state index is 0.167. The highest BCUT2D eigenvalue weighted by atomic mass is 16.5. The first kappa shape index (κ1) is 10.6. The second-order valence-corrected chi connectivity index (χ2v) is 4.17. The molecule has 0 amide bonds. The minimum Gasteiger partial charge on any atom is -0.493 e. The van der Waals surface area contributed by atoms with Gasteiger partial charge in [-0.2, -0.15) is 0 Å². The third-order valence-electron chi connectivity index (χ3n) is 2.95. The lowest BCUT2D eigenvalue weighted by Gasteiger charge is -2.05. The molecule has 0 aliphatic rings. The molecule has 0 saturated carbocycles. The monoisotopic (exact) mass is 256 g/mol. The van der Waals surface area contributed by atoms with Gasteiger partial charge in [0.1, 0.15) is 5.76 Å². The number of benzene rings is 1. The molecule has 4 nitrogen and oxygen atoms in total. The number of nitrogens with two attached hydrogens (primary N) is 1. The van der Waals surface area contributed by atoms with Crippen molar-refractivity contribution in [2.75, 3.05) is 7.09 Å². The van der Waals surface area contributed by atoms with Crippen molar-refractivity contribution in [1.29, 1.82) is 0 Å². The molecule has 4 heteroatoms. The molecule has 2 aromatic heterocycles. The fourth-order valence-corrected chi connectivity index (χ4v) is 2.06. The zero-order chi connectivity index (χ0) is 13.9. The van der Waals surface area contributed by atoms with Gasteiger partial charge in [0.15, 0.2) is 11.3 Å². The molecule has 1 aromatic carbocycles. The van der Waals surface area contributed by atoms with Crippen LogP contribution >= 0.6 is 0 Å². The summed E-state index contributed by atoms with van der Waals surface area (Å²) in [6, 6.07) is 11.4. The highest BCUT2D eigenvalue weighted by molar-refractivity contribution is 5.88. The molecule has 2 N–H and O–H groups in total. The summed E-state index contributed by atoms with van der Waals surface area (Å²) >= 11 is 0. The zero-order valence-corrected chi connectivity index (χ0v) is 10.3. The Labute approximate surface area is 112 Å². The van der Waals surface area contributed by atoms with Crippen LogP contribution in [-0.4, -0.2) is 12.1 Å². The first-order chi connectivity index (χ1) is 9.81. The molecule has 0 saturated heterocycles. The number of methoxy groups -OCH3 is 1. The molecular weight excluding hydrogens is 240 g/mol. The van der Waals surface area contributed by atoms with Gasteiger partial charge in [-0.25, -0.2) is 0 Å². The van der Waals surface area contributed by atoms with E-state index in [-0.39, 0.29) is 7.09 Å². The minimum atomic E-state index is -0.167. The highest BCUT2D eigenvalue weighted by Crippen LogP contribution is 2.33. The standard InChI is InChI=1S/C15H14N2O2/c1-18-14-8-10(13-4-2-3-5-17-13)6-11-7-12(9-16)19-15(11)14/h2-8H,9,16H2,1H3/i1T. The average molecular weight is 256 g/mol. The number of fused-ring (bicyclic) bond motifs is 1. The zero-order valence-electron chi connectivity index (χ0n) is 11.3. The predicted molar refractivity (Wildman–Crippen MR) is 73.9 cm³/mol. The molecule has 0 spiro atoms. The van der Waals surface area contributed by atoms with E-state index in [0.29, 0.717) is 23.6 Å². The number of furan rings is 1. The van der Waals surface area contributed by atoms with Crippen molar-refractivity contribution >= 4 is 11.0 Å². The number of ether oxygens (including phenoxy) is 1. The third-order valence-corrected chi connectivity index (χ3v) is 2.95. The van der Waals surface area contributed by atoms with E-state index in [1.807, 2.05) is 36.4 Å². The Hall–Kier alpha value is -2.33. The number of hydrogen-bond donors (Lipinski definition) is 1. The summed E-state index contributed by atoms with van der Waals surface area (Å²) < 4.78 is 18.2. The fraction of sp³-hybridized carbons (Fsp3) is 0.133. The van der Waals surface area contributed by atoms with Crippen LogP contribution in [0.15, 0.2) is 47.0 Å². The molecule has 0 aliphatic heterocycles. The quantitative estimate of drug-likeness (QED) is 0.782. The Morgan fingerprint density at radius 3 is 3.05 bits per heavy atom. The van der Waals surface area contributed by atoms with Gasteiger partial charge in [0.2, 0.25) is 0 Å². The van der Waals surface area contributed by atoms with Crippen molar-refractivity contribution < 1.29 is 10.5 Å². The lowest BCUT2D eigenvalue weighted by Crippen LogP contribution is -1.92. The number of aromatic nitrogens is 1. The van der Waals surface area contributed by atoms with E-state index in [9.17, 15) is 0 Å². The molecule has 3 aromatic rings. The van der Waals surface area contributed by atoms with Crippen LogP contribution in [0.4, 0.5) is 0 Å². The second kappa shape index (κ2) is 4.74. The number of hydrogen-bond acceptors (Lipinski definition) is 4. The van der Waals surface area contributed by atoms with E-state index in [1.54, 1.807) is 6.20 Å². The normalized spacial score (nSPS) is 11.5. The van der Waals surface area contributed by atoms with E-state index in [4.69, 9.17) is 16.3 Å². The molecule has 0 fully saturated rings. The summed E-state index contributed by atoms with van der Waals surface area (Å²) in [4.78, 5) is 4.33. The van der Waals surface area contributed by atoms with Gasteiger partial charge >= 0.3 is 0 Å². The van der Waals surface area contributed by atoms with Gasteiger partial charge in [-0.1, -0.05) is 6.07 Å². The van der Waals surface area contributed by atoms with Gasteiger partial charge in [-0.05, 0) is 30.3 Å². The number of rotatable bonds is 3. The maximum absolute atomic E-state index is 7.24. The van der Waals surface area contributed by atoms with E-state index >= 15 is 0 Å². The summed E-state index contributed by atoms with van der Waals surface area (Å²) in [6.45, 7) is 0.327. The molecule has 0 bridgehead atoms. The molecule has 0 atom stereocenters. The van der Waals surface area contributed by atoms with Crippen LogP contribution in [0.2, 0.25) is 0 Å². The van der Waals surface area contributed by atoms with Gasteiger partial charge in [-0.15, -0.1) is 0 Å². The van der Waals surface area contributed by atoms with Crippen molar-refractivity contribution in [2.24, 2.45) is 5.73 Å². The molecule has 3 rings (SSSR count). The Balaban J connectivity index is 2.19.